The molecule has 0 amide bonds. The van der Waals surface area contributed by atoms with Crippen molar-refractivity contribution in [3.8, 4) is 5.88 Å². The maximum atomic E-state index is 6.20. The Labute approximate surface area is 110 Å². The molecule has 0 radical (unpaired) electrons. The highest BCUT2D eigenvalue weighted by molar-refractivity contribution is 5.31. The number of aryl methyl sites for hydroxylation is 2. The van der Waals surface area contributed by atoms with Crippen LogP contribution in [0.1, 0.15) is 50.3 Å². The van der Waals surface area contributed by atoms with E-state index in [0.717, 1.165) is 24.7 Å². The molecule has 4 nitrogen and oxygen atoms in total. The third kappa shape index (κ3) is 3.05. The summed E-state index contributed by atoms with van der Waals surface area (Å²) in [5, 5.41) is 7.84. The van der Waals surface area contributed by atoms with Crippen LogP contribution < -0.4 is 10.1 Å². The first kappa shape index (κ1) is 13.4. The van der Waals surface area contributed by atoms with Crippen LogP contribution in [0.4, 0.5) is 0 Å². The second-order valence-corrected chi connectivity index (χ2v) is 5.15. The molecule has 0 aliphatic heterocycles. The SMILES string of the molecule is CCNCc1c(C)nn(C)c1OC1CCCCC1. The van der Waals surface area contributed by atoms with Crippen LogP contribution in [0.2, 0.25) is 0 Å². The lowest BCUT2D eigenvalue weighted by Gasteiger charge is -2.23. The zero-order valence-electron chi connectivity index (χ0n) is 11.8. The molecule has 0 atom stereocenters. The average Bonchev–Trinajstić information content (AvgIpc) is 2.63. The van der Waals surface area contributed by atoms with Gasteiger partial charge in [0, 0.05) is 13.6 Å². The zero-order chi connectivity index (χ0) is 13.0. The molecular formula is C14H25N3O. The molecule has 1 aromatic rings. The maximum absolute atomic E-state index is 6.20. The van der Waals surface area contributed by atoms with Crippen LogP contribution in [-0.4, -0.2) is 22.4 Å². The lowest BCUT2D eigenvalue weighted by Crippen LogP contribution is -2.22. The van der Waals surface area contributed by atoms with Crippen molar-refractivity contribution in [3.05, 3.63) is 11.3 Å². The molecule has 0 aromatic carbocycles. The second kappa shape index (κ2) is 6.23. The Balaban J connectivity index is 2.09. The normalized spacial score (nSPS) is 17.1. The Bertz CT molecular complexity index is 381. The minimum Gasteiger partial charge on any atom is -0.474 e. The van der Waals surface area contributed by atoms with Crippen molar-refractivity contribution >= 4 is 0 Å². The lowest BCUT2D eigenvalue weighted by molar-refractivity contribution is 0.140. The van der Waals surface area contributed by atoms with Crippen LogP contribution in [0, 0.1) is 6.92 Å². The highest BCUT2D eigenvalue weighted by Gasteiger charge is 2.20. The smallest absolute Gasteiger partial charge is 0.216 e. The van der Waals surface area contributed by atoms with Gasteiger partial charge in [0.25, 0.3) is 0 Å². The van der Waals surface area contributed by atoms with Crippen molar-refractivity contribution in [2.45, 2.75) is 58.6 Å². The summed E-state index contributed by atoms with van der Waals surface area (Å²) in [6.45, 7) is 5.99. The molecule has 0 spiro atoms. The Morgan fingerprint density at radius 1 is 1.33 bits per heavy atom. The minimum absolute atomic E-state index is 0.383. The van der Waals surface area contributed by atoms with E-state index in [1.54, 1.807) is 0 Å². The van der Waals surface area contributed by atoms with E-state index in [9.17, 15) is 0 Å². The number of aromatic nitrogens is 2. The molecule has 1 aliphatic carbocycles. The van der Waals surface area contributed by atoms with Gasteiger partial charge in [0.1, 0.15) is 6.10 Å². The predicted molar refractivity (Wildman–Crippen MR) is 72.8 cm³/mol. The van der Waals surface area contributed by atoms with E-state index in [4.69, 9.17) is 4.74 Å². The van der Waals surface area contributed by atoms with E-state index in [1.807, 2.05) is 11.7 Å². The quantitative estimate of drug-likeness (QED) is 0.874. The standard InChI is InChI=1S/C14H25N3O/c1-4-15-10-13-11(2)16-17(3)14(13)18-12-8-6-5-7-9-12/h12,15H,4-10H2,1-3H3. The number of hydrogen-bond donors (Lipinski definition) is 1. The van der Waals surface area contributed by atoms with Gasteiger partial charge in [-0.2, -0.15) is 5.10 Å². The number of rotatable bonds is 5. The largest absolute Gasteiger partial charge is 0.474 e. The number of nitrogens with zero attached hydrogens (tertiary/aromatic N) is 2. The minimum atomic E-state index is 0.383. The Kier molecular flexibility index (Phi) is 4.64. The predicted octanol–water partition coefficient (Wildman–Crippen LogP) is 2.55. The molecule has 1 saturated carbocycles. The van der Waals surface area contributed by atoms with Crippen molar-refractivity contribution in [2.75, 3.05) is 6.54 Å². The molecule has 0 unspecified atom stereocenters. The van der Waals surface area contributed by atoms with Crippen molar-refractivity contribution in [2.24, 2.45) is 7.05 Å². The monoisotopic (exact) mass is 251 g/mol. The molecular weight excluding hydrogens is 226 g/mol. The van der Waals surface area contributed by atoms with Crippen LogP contribution in [0.15, 0.2) is 0 Å². The summed E-state index contributed by atoms with van der Waals surface area (Å²) in [5.74, 6) is 0.959. The average molecular weight is 251 g/mol. The highest BCUT2D eigenvalue weighted by Crippen LogP contribution is 2.27. The van der Waals surface area contributed by atoms with Gasteiger partial charge in [0.2, 0.25) is 5.88 Å². The number of hydrogen-bond acceptors (Lipinski definition) is 3. The summed E-state index contributed by atoms with van der Waals surface area (Å²) in [7, 11) is 1.97. The summed E-state index contributed by atoms with van der Waals surface area (Å²) < 4.78 is 8.08. The highest BCUT2D eigenvalue weighted by atomic mass is 16.5. The van der Waals surface area contributed by atoms with Gasteiger partial charge in [-0.15, -0.1) is 0 Å². The molecule has 0 bridgehead atoms. The van der Waals surface area contributed by atoms with Crippen molar-refractivity contribution in [1.82, 2.24) is 15.1 Å². The van der Waals surface area contributed by atoms with Crippen LogP contribution in [0.5, 0.6) is 5.88 Å². The second-order valence-electron chi connectivity index (χ2n) is 5.15. The summed E-state index contributed by atoms with van der Waals surface area (Å²) >= 11 is 0. The van der Waals surface area contributed by atoms with E-state index in [0.29, 0.717) is 6.10 Å². The summed E-state index contributed by atoms with van der Waals surface area (Å²) in [5.41, 5.74) is 2.29. The van der Waals surface area contributed by atoms with Gasteiger partial charge in [0.15, 0.2) is 0 Å². The molecule has 1 aliphatic rings. The fourth-order valence-electron chi connectivity index (χ4n) is 2.62. The lowest BCUT2D eigenvalue weighted by atomic mass is 9.98. The molecule has 18 heavy (non-hydrogen) atoms. The fourth-order valence-corrected chi connectivity index (χ4v) is 2.62. The fraction of sp³-hybridized carbons (Fsp3) is 0.786. The third-order valence-electron chi connectivity index (χ3n) is 3.67. The third-order valence-corrected chi connectivity index (χ3v) is 3.67. The molecule has 102 valence electrons. The van der Waals surface area contributed by atoms with Gasteiger partial charge in [0.05, 0.1) is 11.3 Å². The van der Waals surface area contributed by atoms with Gasteiger partial charge in [-0.3, -0.25) is 0 Å². The molecule has 1 N–H and O–H groups in total. The first-order valence-corrected chi connectivity index (χ1v) is 7.12. The summed E-state index contributed by atoms with van der Waals surface area (Å²) in [6.07, 6.45) is 6.70. The molecule has 4 heteroatoms. The van der Waals surface area contributed by atoms with Gasteiger partial charge in [-0.1, -0.05) is 13.3 Å². The van der Waals surface area contributed by atoms with Gasteiger partial charge in [-0.25, -0.2) is 4.68 Å². The van der Waals surface area contributed by atoms with Crippen LogP contribution in [-0.2, 0) is 13.6 Å². The summed E-state index contributed by atoms with van der Waals surface area (Å²) in [6, 6.07) is 0. The van der Waals surface area contributed by atoms with Gasteiger partial charge < -0.3 is 10.1 Å². The molecule has 1 heterocycles. The van der Waals surface area contributed by atoms with E-state index in [2.05, 4.69) is 24.3 Å². The van der Waals surface area contributed by atoms with E-state index in [1.165, 1.54) is 37.7 Å². The van der Waals surface area contributed by atoms with E-state index in [-0.39, 0.29) is 0 Å². The first-order valence-electron chi connectivity index (χ1n) is 7.12. The van der Waals surface area contributed by atoms with Crippen molar-refractivity contribution in [3.63, 3.8) is 0 Å². The topological polar surface area (TPSA) is 39.1 Å². The molecule has 1 aromatic heterocycles. The van der Waals surface area contributed by atoms with Crippen molar-refractivity contribution < 1.29 is 4.74 Å². The van der Waals surface area contributed by atoms with E-state index >= 15 is 0 Å². The van der Waals surface area contributed by atoms with Crippen LogP contribution in [0.3, 0.4) is 0 Å². The molecule has 0 saturated heterocycles. The van der Waals surface area contributed by atoms with Crippen LogP contribution >= 0.6 is 0 Å². The Morgan fingerprint density at radius 2 is 2.06 bits per heavy atom. The number of nitrogens with one attached hydrogen (secondary N) is 1. The Morgan fingerprint density at radius 3 is 2.72 bits per heavy atom. The Hall–Kier alpha value is -1.03. The van der Waals surface area contributed by atoms with Gasteiger partial charge >= 0.3 is 0 Å². The van der Waals surface area contributed by atoms with Crippen molar-refractivity contribution in [1.29, 1.82) is 0 Å². The summed E-state index contributed by atoms with van der Waals surface area (Å²) in [4.78, 5) is 0. The molecule has 2 rings (SSSR count). The number of ether oxygens (including phenoxy) is 1. The van der Waals surface area contributed by atoms with Crippen LogP contribution in [0.25, 0.3) is 0 Å². The first-order chi connectivity index (χ1) is 8.72. The maximum Gasteiger partial charge on any atom is 0.216 e. The zero-order valence-corrected chi connectivity index (χ0v) is 11.8. The van der Waals surface area contributed by atoms with E-state index < -0.39 is 0 Å². The van der Waals surface area contributed by atoms with Gasteiger partial charge in [-0.05, 0) is 39.2 Å². The molecule has 1 fully saturated rings.